The van der Waals surface area contributed by atoms with Crippen molar-refractivity contribution in [2.75, 3.05) is 0 Å². The van der Waals surface area contributed by atoms with Crippen LogP contribution in [0, 0.1) is 0 Å². The maximum Gasteiger partial charge on any atom is 0.245 e. The minimum absolute atomic E-state index is 0.00690. The Morgan fingerprint density at radius 2 is 1.88 bits per heavy atom. The minimum Gasteiger partial charge on any atom is -0.336 e. The number of hydrogen-bond acceptors (Lipinski definition) is 3. The molecule has 1 heterocycles. The predicted octanol–water partition coefficient (Wildman–Crippen LogP) is 2.39. The van der Waals surface area contributed by atoms with Crippen LogP contribution < -0.4 is 5.73 Å². The van der Waals surface area contributed by atoms with E-state index in [1.165, 1.54) is 11.3 Å². The van der Waals surface area contributed by atoms with Crippen molar-refractivity contribution in [3.05, 3.63) is 22.4 Å². The number of nitrogens with zero attached hydrogens (tertiary/aromatic N) is 1. The van der Waals surface area contributed by atoms with Crippen LogP contribution in [0.3, 0.4) is 0 Å². The van der Waals surface area contributed by atoms with E-state index >= 15 is 0 Å². The van der Waals surface area contributed by atoms with Gasteiger partial charge in [0.2, 0.25) is 5.91 Å². The average Bonchev–Trinajstić information content (AvgIpc) is 2.67. The number of rotatable bonds is 4. The molecule has 4 heteroatoms. The Bertz CT molecular complexity index is 325. The van der Waals surface area contributed by atoms with Crippen LogP contribution >= 0.6 is 11.3 Å². The van der Waals surface area contributed by atoms with Crippen molar-refractivity contribution in [3.8, 4) is 0 Å². The van der Waals surface area contributed by atoms with E-state index in [1.54, 1.807) is 0 Å². The van der Waals surface area contributed by atoms with Gasteiger partial charge in [-0.05, 0) is 39.1 Å². The molecule has 0 unspecified atom stereocenters. The summed E-state index contributed by atoms with van der Waals surface area (Å²) in [4.78, 5) is 15.0. The molecule has 0 saturated heterocycles. The van der Waals surface area contributed by atoms with Gasteiger partial charge < -0.3 is 10.6 Å². The van der Waals surface area contributed by atoms with Crippen molar-refractivity contribution in [2.24, 2.45) is 5.73 Å². The van der Waals surface area contributed by atoms with E-state index in [-0.39, 0.29) is 18.0 Å². The highest BCUT2D eigenvalue weighted by Gasteiger charge is 2.26. The number of carbonyl (C=O) groups excluding carboxylic acids is 1. The number of amides is 1. The molecule has 3 nitrogen and oxygen atoms in total. The SMILES string of the molecule is CC(C)N(C(=O)[C@H](N)c1cccs1)C(C)C. The van der Waals surface area contributed by atoms with E-state index in [0.29, 0.717) is 0 Å². The molecular formula is C12H20N2OS. The highest BCUT2D eigenvalue weighted by atomic mass is 32.1. The van der Waals surface area contributed by atoms with Crippen molar-refractivity contribution < 1.29 is 4.79 Å². The second kappa shape index (κ2) is 5.46. The summed E-state index contributed by atoms with van der Waals surface area (Å²) in [6, 6.07) is 3.66. The predicted molar refractivity (Wildman–Crippen MR) is 68.4 cm³/mol. The van der Waals surface area contributed by atoms with Crippen LogP contribution in [0.25, 0.3) is 0 Å². The summed E-state index contributed by atoms with van der Waals surface area (Å²) >= 11 is 1.53. The lowest BCUT2D eigenvalue weighted by atomic mass is 10.1. The first-order valence-electron chi connectivity index (χ1n) is 5.56. The summed E-state index contributed by atoms with van der Waals surface area (Å²) in [5.74, 6) is 0.00690. The van der Waals surface area contributed by atoms with Crippen LogP contribution in [0.2, 0.25) is 0 Å². The summed E-state index contributed by atoms with van der Waals surface area (Å²) in [6.07, 6.45) is 0. The Balaban J connectivity index is 2.83. The molecule has 1 aromatic rings. The zero-order valence-corrected chi connectivity index (χ0v) is 11.1. The molecule has 0 aliphatic carbocycles. The molecule has 0 radical (unpaired) electrons. The first kappa shape index (κ1) is 13.2. The quantitative estimate of drug-likeness (QED) is 0.878. The van der Waals surface area contributed by atoms with Gasteiger partial charge in [0.05, 0.1) is 0 Å². The maximum atomic E-state index is 12.2. The molecular weight excluding hydrogens is 220 g/mol. The number of hydrogen-bond donors (Lipinski definition) is 1. The van der Waals surface area contributed by atoms with Crippen molar-refractivity contribution in [1.29, 1.82) is 0 Å². The molecule has 1 amide bonds. The van der Waals surface area contributed by atoms with E-state index in [4.69, 9.17) is 5.73 Å². The monoisotopic (exact) mass is 240 g/mol. The van der Waals surface area contributed by atoms with Gasteiger partial charge in [-0.3, -0.25) is 4.79 Å². The molecule has 0 spiro atoms. The van der Waals surface area contributed by atoms with Gasteiger partial charge in [0.1, 0.15) is 6.04 Å². The molecule has 0 fully saturated rings. The lowest BCUT2D eigenvalue weighted by Crippen LogP contribution is -2.46. The molecule has 0 aliphatic heterocycles. The third-order valence-corrected chi connectivity index (χ3v) is 3.44. The van der Waals surface area contributed by atoms with Gasteiger partial charge in [0, 0.05) is 17.0 Å². The molecule has 0 bridgehead atoms. The average molecular weight is 240 g/mol. The molecule has 0 saturated carbocycles. The van der Waals surface area contributed by atoms with Crippen molar-refractivity contribution in [1.82, 2.24) is 4.90 Å². The Labute approximate surface area is 101 Å². The normalized spacial score (nSPS) is 13.2. The molecule has 1 atom stereocenters. The van der Waals surface area contributed by atoms with E-state index in [0.717, 1.165) is 4.88 Å². The van der Waals surface area contributed by atoms with E-state index in [9.17, 15) is 4.79 Å². The second-order valence-electron chi connectivity index (χ2n) is 4.43. The van der Waals surface area contributed by atoms with Crippen LogP contribution in [0.5, 0.6) is 0 Å². The Morgan fingerprint density at radius 3 is 2.25 bits per heavy atom. The van der Waals surface area contributed by atoms with E-state index < -0.39 is 6.04 Å². The van der Waals surface area contributed by atoms with Crippen molar-refractivity contribution >= 4 is 17.2 Å². The van der Waals surface area contributed by atoms with Crippen molar-refractivity contribution in [2.45, 2.75) is 45.8 Å². The molecule has 2 N–H and O–H groups in total. The topological polar surface area (TPSA) is 46.3 Å². The number of nitrogens with two attached hydrogens (primary N) is 1. The molecule has 90 valence electrons. The number of thiophene rings is 1. The Kier molecular flexibility index (Phi) is 4.50. The summed E-state index contributed by atoms with van der Waals surface area (Å²) < 4.78 is 0. The third-order valence-electron chi connectivity index (χ3n) is 2.48. The summed E-state index contributed by atoms with van der Waals surface area (Å²) in [5, 5.41) is 1.94. The first-order chi connectivity index (χ1) is 7.45. The van der Waals surface area contributed by atoms with Gasteiger partial charge in [0.15, 0.2) is 0 Å². The van der Waals surface area contributed by atoms with Crippen molar-refractivity contribution in [3.63, 3.8) is 0 Å². The van der Waals surface area contributed by atoms with Gasteiger partial charge in [-0.15, -0.1) is 11.3 Å². The summed E-state index contributed by atoms with van der Waals surface area (Å²) in [7, 11) is 0. The zero-order valence-electron chi connectivity index (χ0n) is 10.3. The lowest BCUT2D eigenvalue weighted by Gasteiger charge is -2.32. The highest BCUT2D eigenvalue weighted by Crippen LogP contribution is 2.20. The van der Waals surface area contributed by atoms with E-state index in [1.807, 2.05) is 50.1 Å². The molecule has 1 aromatic heterocycles. The molecule has 1 rings (SSSR count). The van der Waals surface area contributed by atoms with Gasteiger partial charge in [-0.25, -0.2) is 0 Å². The van der Waals surface area contributed by atoms with Gasteiger partial charge in [-0.2, -0.15) is 0 Å². The zero-order chi connectivity index (χ0) is 12.3. The molecule has 0 aliphatic rings. The summed E-state index contributed by atoms with van der Waals surface area (Å²) in [5.41, 5.74) is 5.98. The lowest BCUT2D eigenvalue weighted by molar-refractivity contribution is -0.136. The maximum absolute atomic E-state index is 12.2. The molecule has 0 aromatic carbocycles. The van der Waals surface area contributed by atoms with Crippen LogP contribution in [-0.2, 0) is 4.79 Å². The molecule has 16 heavy (non-hydrogen) atoms. The van der Waals surface area contributed by atoms with Crippen LogP contribution in [0.15, 0.2) is 17.5 Å². The smallest absolute Gasteiger partial charge is 0.245 e. The summed E-state index contributed by atoms with van der Waals surface area (Å²) in [6.45, 7) is 8.05. The van der Waals surface area contributed by atoms with Crippen LogP contribution in [0.1, 0.15) is 38.6 Å². The number of carbonyl (C=O) groups is 1. The Morgan fingerprint density at radius 1 is 1.31 bits per heavy atom. The van der Waals surface area contributed by atoms with E-state index in [2.05, 4.69) is 0 Å². The van der Waals surface area contributed by atoms with Crippen LogP contribution in [-0.4, -0.2) is 22.9 Å². The fraction of sp³-hybridized carbons (Fsp3) is 0.583. The minimum atomic E-state index is -0.523. The van der Waals surface area contributed by atoms with Gasteiger partial charge in [0.25, 0.3) is 0 Å². The largest absolute Gasteiger partial charge is 0.336 e. The standard InChI is InChI=1S/C12H20N2OS/c1-8(2)14(9(3)4)12(15)11(13)10-6-5-7-16-10/h5-9,11H,13H2,1-4H3/t11-/m1/s1. The fourth-order valence-electron chi connectivity index (χ4n) is 1.86. The van der Waals surface area contributed by atoms with Gasteiger partial charge >= 0.3 is 0 Å². The Hall–Kier alpha value is -0.870. The third kappa shape index (κ3) is 2.83. The second-order valence-corrected chi connectivity index (χ2v) is 5.41. The fourth-order valence-corrected chi connectivity index (χ4v) is 2.57. The van der Waals surface area contributed by atoms with Crippen LogP contribution in [0.4, 0.5) is 0 Å². The first-order valence-corrected chi connectivity index (χ1v) is 6.44. The van der Waals surface area contributed by atoms with Gasteiger partial charge in [-0.1, -0.05) is 6.07 Å². The highest BCUT2D eigenvalue weighted by molar-refractivity contribution is 7.10.